The molecule has 1 atom stereocenters. The summed E-state index contributed by atoms with van der Waals surface area (Å²) in [5.41, 5.74) is 1.67. The molecule has 0 spiro atoms. The predicted molar refractivity (Wildman–Crippen MR) is 95.7 cm³/mol. The Bertz CT molecular complexity index is 539. The number of nitrogens with one attached hydrogen (secondary N) is 1. The molecule has 0 radical (unpaired) electrons. The van der Waals surface area contributed by atoms with Crippen LogP contribution in [-0.2, 0) is 4.74 Å². The number of methoxy groups -OCH3 is 1. The molecule has 2 rings (SSSR count). The minimum absolute atomic E-state index is 0.0460. The zero-order chi connectivity index (χ0) is 17.5. The number of ether oxygens (including phenoxy) is 2. The summed E-state index contributed by atoms with van der Waals surface area (Å²) < 4.78 is 10.8. The van der Waals surface area contributed by atoms with E-state index in [2.05, 4.69) is 24.1 Å². The summed E-state index contributed by atoms with van der Waals surface area (Å²) in [6, 6.07) is 5.92. The van der Waals surface area contributed by atoms with Crippen molar-refractivity contribution in [3.63, 3.8) is 0 Å². The topological polar surface area (TPSA) is 50.8 Å². The van der Waals surface area contributed by atoms with Crippen molar-refractivity contribution in [2.24, 2.45) is 5.92 Å². The van der Waals surface area contributed by atoms with Crippen LogP contribution < -0.4 is 10.1 Å². The maximum atomic E-state index is 12.5. The van der Waals surface area contributed by atoms with Gasteiger partial charge in [0.05, 0.1) is 20.3 Å². The Hall–Kier alpha value is -1.59. The summed E-state index contributed by atoms with van der Waals surface area (Å²) in [4.78, 5) is 14.9. The van der Waals surface area contributed by atoms with Crippen LogP contribution in [-0.4, -0.2) is 56.8 Å². The lowest BCUT2D eigenvalue weighted by atomic mass is 10.0. The molecule has 5 nitrogen and oxygen atoms in total. The molecular weight excluding hydrogens is 304 g/mol. The maximum absolute atomic E-state index is 12.5. The van der Waals surface area contributed by atoms with Crippen molar-refractivity contribution in [3.05, 3.63) is 29.3 Å². The first-order chi connectivity index (χ1) is 11.5. The van der Waals surface area contributed by atoms with E-state index >= 15 is 0 Å². The van der Waals surface area contributed by atoms with E-state index < -0.39 is 0 Å². The van der Waals surface area contributed by atoms with Gasteiger partial charge in [0.1, 0.15) is 5.75 Å². The lowest BCUT2D eigenvalue weighted by molar-refractivity contribution is 0.0124. The van der Waals surface area contributed by atoms with Crippen LogP contribution in [0.4, 0.5) is 0 Å². The average Bonchev–Trinajstić information content (AvgIpc) is 2.59. The Balaban J connectivity index is 1.98. The Kier molecular flexibility index (Phi) is 7.06. The van der Waals surface area contributed by atoms with E-state index in [1.165, 1.54) is 0 Å². The summed E-state index contributed by atoms with van der Waals surface area (Å²) in [5.74, 6) is 1.29. The number of morpholine rings is 1. The maximum Gasteiger partial charge on any atom is 0.251 e. The third kappa shape index (κ3) is 5.21. The quantitative estimate of drug-likeness (QED) is 0.832. The Morgan fingerprint density at radius 1 is 1.33 bits per heavy atom. The van der Waals surface area contributed by atoms with Crippen molar-refractivity contribution in [3.8, 4) is 5.75 Å². The molecule has 1 N–H and O–H groups in total. The van der Waals surface area contributed by atoms with Gasteiger partial charge in [-0.25, -0.2) is 0 Å². The molecule has 1 saturated heterocycles. The Labute approximate surface area is 145 Å². The van der Waals surface area contributed by atoms with E-state index in [-0.39, 0.29) is 5.91 Å². The number of hydrogen-bond acceptors (Lipinski definition) is 4. The van der Waals surface area contributed by atoms with Crippen molar-refractivity contribution >= 4 is 5.91 Å². The van der Waals surface area contributed by atoms with Gasteiger partial charge in [-0.2, -0.15) is 0 Å². The molecule has 1 amide bonds. The predicted octanol–water partition coefficient (Wildman–Crippen LogP) is 2.48. The van der Waals surface area contributed by atoms with Gasteiger partial charge in [-0.05, 0) is 37.0 Å². The van der Waals surface area contributed by atoms with Crippen LogP contribution in [0.15, 0.2) is 18.2 Å². The number of aryl methyl sites for hydroxylation is 1. The normalized spacial score (nSPS) is 16.9. The molecule has 1 fully saturated rings. The first kappa shape index (κ1) is 18.7. The van der Waals surface area contributed by atoms with Crippen LogP contribution in [0.3, 0.4) is 0 Å². The number of nitrogens with zero attached hydrogens (tertiary/aromatic N) is 1. The smallest absolute Gasteiger partial charge is 0.251 e. The van der Waals surface area contributed by atoms with Gasteiger partial charge in [-0.15, -0.1) is 0 Å². The van der Waals surface area contributed by atoms with Crippen LogP contribution in [0.2, 0.25) is 0 Å². The SMILES string of the molecule is COc1cc(C(=O)NC[C@H](CC(C)C)N2CCOCC2)ccc1C. The zero-order valence-corrected chi connectivity index (χ0v) is 15.3. The molecule has 134 valence electrons. The number of amides is 1. The molecule has 0 saturated carbocycles. The lowest BCUT2D eigenvalue weighted by Crippen LogP contribution is -2.49. The molecule has 5 heteroatoms. The fourth-order valence-corrected chi connectivity index (χ4v) is 3.12. The highest BCUT2D eigenvalue weighted by atomic mass is 16.5. The van der Waals surface area contributed by atoms with E-state index in [0.29, 0.717) is 24.1 Å². The van der Waals surface area contributed by atoms with Crippen LogP contribution in [0, 0.1) is 12.8 Å². The molecule has 1 aromatic rings. The van der Waals surface area contributed by atoms with Crippen molar-refractivity contribution in [1.82, 2.24) is 10.2 Å². The second kappa shape index (κ2) is 9.04. The van der Waals surface area contributed by atoms with Crippen molar-refractivity contribution < 1.29 is 14.3 Å². The van der Waals surface area contributed by atoms with Crippen LogP contribution in [0.5, 0.6) is 5.75 Å². The Morgan fingerprint density at radius 3 is 2.67 bits per heavy atom. The van der Waals surface area contributed by atoms with Gasteiger partial charge >= 0.3 is 0 Å². The molecule has 0 bridgehead atoms. The first-order valence-electron chi connectivity index (χ1n) is 8.76. The second-order valence-corrected chi connectivity index (χ2v) is 6.83. The van der Waals surface area contributed by atoms with E-state index in [9.17, 15) is 4.79 Å². The van der Waals surface area contributed by atoms with E-state index in [0.717, 1.165) is 44.0 Å². The third-order valence-electron chi connectivity index (χ3n) is 4.47. The summed E-state index contributed by atoms with van der Waals surface area (Å²) in [7, 11) is 1.63. The van der Waals surface area contributed by atoms with Crippen LogP contribution >= 0.6 is 0 Å². The van der Waals surface area contributed by atoms with Crippen molar-refractivity contribution in [1.29, 1.82) is 0 Å². The van der Waals surface area contributed by atoms with Gasteiger partial charge in [-0.3, -0.25) is 9.69 Å². The molecule has 24 heavy (non-hydrogen) atoms. The highest BCUT2D eigenvalue weighted by Crippen LogP contribution is 2.19. The summed E-state index contributed by atoms with van der Waals surface area (Å²) in [6.07, 6.45) is 1.07. The molecule has 0 aliphatic carbocycles. The van der Waals surface area contributed by atoms with Crippen molar-refractivity contribution in [2.75, 3.05) is 40.0 Å². The molecule has 1 heterocycles. The van der Waals surface area contributed by atoms with E-state index in [1.807, 2.05) is 19.1 Å². The molecular formula is C19H30N2O3. The van der Waals surface area contributed by atoms with Gasteiger partial charge < -0.3 is 14.8 Å². The molecule has 0 aromatic heterocycles. The van der Waals surface area contributed by atoms with Crippen LogP contribution in [0.1, 0.15) is 36.2 Å². The van der Waals surface area contributed by atoms with Gasteiger partial charge in [0, 0.05) is 31.2 Å². The average molecular weight is 334 g/mol. The van der Waals surface area contributed by atoms with Gasteiger partial charge in [-0.1, -0.05) is 19.9 Å². The van der Waals surface area contributed by atoms with Gasteiger partial charge in [0.25, 0.3) is 5.91 Å². The van der Waals surface area contributed by atoms with Gasteiger partial charge in [0.15, 0.2) is 0 Å². The lowest BCUT2D eigenvalue weighted by Gasteiger charge is -2.35. The zero-order valence-electron chi connectivity index (χ0n) is 15.3. The van der Waals surface area contributed by atoms with E-state index in [1.54, 1.807) is 13.2 Å². The minimum Gasteiger partial charge on any atom is -0.496 e. The molecule has 1 aromatic carbocycles. The summed E-state index contributed by atoms with van der Waals surface area (Å²) >= 11 is 0. The molecule has 0 unspecified atom stereocenters. The highest BCUT2D eigenvalue weighted by molar-refractivity contribution is 5.94. The standard InChI is InChI=1S/C19H30N2O3/c1-14(2)11-17(21-7-9-24-10-8-21)13-20-19(22)16-6-5-15(3)18(12-16)23-4/h5-6,12,14,17H,7-11,13H2,1-4H3,(H,20,22)/t17-/m0/s1. The minimum atomic E-state index is -0.0460. The highest BCUT2D eigenvalue weighted by Gasteiger charge is 2.22. The summed E-state index contributed by atoms with van der Waals surface area (Å²) in [5, 5.41) is 3.10. The number of carbonyl (C=O) groups excluding carboxylic acids is 1. The number of rotatable bonds is 7. The summed E-state index contributed by atoms with van der Waals surface area (Å²) in [6.45, 7) is 10.5. The number of hydrogen-bond donors (Lipinski definition) is 1. The van der Waals surface area contributed by atoms with Gasteiger partial charge in [0.2, 0.25) is 0 Å². The third-order valence-corrected chi connectivity index (χ3v) is 4.47. The molecule has 1 aliphatic heterocycles. The second-order valence-electron chi connectivity index (χ2n) is 6.83. The Morgan fingerprint density at radius 2 is 2.04 bits per heavy atom. The number of benzene rings is 1. The fourth-order valence-electron chi connectivity index (χ4n) is 3.12. The van der Waals surface area contributed by atoms with Crippen molar-refractivity contribution in [2.45, 2.75) is 33.2 Å². The monoisotopic (exact) mass is 334 g/mol. The van der Waals surface area contributed by atoms with E-state index in [4.69, 9.17) is 9.47 Å². The number of carbonyl (C=O) groups is 1. The molecule has 1 aliphatic rings. The largest absolute Gasteiger partial charge is 0.496 e. The fraction of sp³-hybridized carbons (Fsp3) is 0.632. The van der Waals surface area contributed by atoms with Crippen LogP contribution in [0.25, 0.3) is 0 Å². The first-order valence-corrected chi connectivity index (χ1v) is 8.76.